The van der Waals surface area contributed by atoms with E-state index < -0.39 is 5.97 Å². The van der Waals surface area contributed by atoms with E-state index in [0.29, 0.717) is 18.8 Å². The van der Waals surface area contributed by atoms with Crippen molar-refractivity contribution in [3.8, 4) is 0 Å². The Morgan fingerprint density at radius 3 is 2.62 bits per heavy atom. The summed E-state index contributed by atoms with van der Waals surface area (Å²) in [5.74, 6) is -0.423. The van der Waals surface area contributed by atoms with Crippen LogP contribution in [0.15, 0.2) is 23.6 Å². The number of rotatable bonds is 6. The summed E-state index contributed by atoms with van der Waals surface area (Å²) in [6.07, 6.45) is 1.99. The van der Waals surface area contributed by atoms with Crippen molar-refractivity contribution in [3.05, 3.63) is 45.4 Å². The number of aryl methyl sites for hydroxylation is 2. The number of amides is 2. The maximum absolute atomic E-state index is 12.8. The average molecular weight is 373 g/mol. The predicted molar refractivity (Wildman–Crippen MR) is 102 cm³/mol. The normalized spacial score (nSPS) is 13.3. The lowest BCUT2D eigenvalue weighted by Crippen LogP contribution is -2.36. The second-order valence-corrected chi connectivity index (χ2v) is 7.35. The summed E-state index contributed by atoms with van der Waals surface area (Å²) >= 11 is 1.37. The van der Waals surface area contributed by atoms with E-state index >= 15 is 0 Å². The first-order chi connectivity index (χ1) is 12.5. The largest absolute Gasteiger partial charge is 0.461 e. The Bertz CT molecular complexity index is 794. The Balaban J connectivity index is 1.72. The number of ether oxygens (including phenoxy) is 1. The van der Waals surface area contributed by atoms with Crippen molar-refractivity contribution < 1.29 is 14.3 Å². The molecule has 2 amide bonds. The molecule has 0 radical (unpaired) electrons. The number of hydrogen-bond acceptors (Lipinski definition) is 5. The van der Waals surface area contributed by atoms with Gasteiger partial charge in [-0.3, -0.25) is 0 Å². The van der Waals surface area contributed by atoms with E-state index in [2.05, 4.69) is 10.3 Å². The molecule has 1 fully saturated rings. The monoisotopic (exact) mass is 373 g/mol. The summed E-state index contributed by atoms with van der Waals surface area (Å²) in [5.41, 5.74) is 3.23. The van der Waals surface area contributed by atoms with Crippen LogP contribution in [0, 0.1) is 13.8 Å². The van der Waals surface area contributed by atoms with E-state index in [1.807, 2.05) is 32.0 Å². The lowest BCUT2D eigenvalue weighted by molar-refractivity contribution is 0.0520. The highest BCUT2D eigenvalue weighted by Crippen LogP contribution is 2.30. The van der Waals surface area contributed by atoms with Crippen LogP contribution in [0.1, 0.15) is 46.4 Å². The smallest absolute Gasteiger partial charge is 0.357 e. The molecular weight excluding hydrogens is 350 g/mol. The van der Waals surface area contributed by atoms with Crippen LogP contribution in [0.5, 0.6) is 0 Å². The topological polar surface area (TPSA) is 71.5 Å². The second kappa shape index (κ2) is 7.86. The van der Waals surface area contributed by atoms with Crippen LogP contribution < -0.4 is 5.32 Å². The van der Waals surface area contributed by atoms with Crippen LogP contribution in [0.25, 0.3) is 0 Å². The summed E-state index contributed by atoms with van der Waals surface area (Å²) in [7, 11) is 0. The number of carbonyl (C=O) groups is 2. The van der Waals surface area contributed by atoms with Gasteiger partial charge in [0.05, 0.1) is 13.2 Å². The highest BCUT2D eigenvalue weighted by molar-refractivity contribution is 7.09. The third-order valence-corrected chi connectivity index (χ3v) is 5.14. The van der Waals surface area contributed by atoms with Gasteiger partial charge in [0, 0.05) is 17.1 Å². The standard InChI is InChI=1S/C19H23N3O3S/c1-4-25-18(23)15-11-26-16(20-15)10-22(14-8-9-14)19(24)21-17-12(2)6-5-7-13(17)3/h5-7,11,14H,4,8-10H2,1-3H3,(H,21,24). The zero-order valence-electron chi connectivity index (χ0n) is 15.2. The lowest BCUT2D eigenvalue weighted by Gasteiger charge is -2.23. The maximum atomic E-state index is 12.8. The fraction of sp³-hybridized carbons (Fsp3) is 0.421. The summed E-state index contributed by atoms with van der Waals surface area (Å²) in [4.78, 5) is 30.7. The first-order valence-corrected chi connectivity index (χ1v) is 9.63. The number of carbonyl (C=O) groups excluding carboxylic acids is 2. The number of thiazole rings is 1. The Morgan fingerprint density at radius 1 is 1.31 bits per heavy atom. The molecule has 1 aromatic carbocycles. The Hall–Kier alpha value is -2.41. The molecule has 138 valence electrons. The van der Waals surface area contributed by atoms with Crippen LogP contribution in [-0.4, -0.2) is 34.5 Å². The molecule has 7 heteroatoms. The predicted octanol–water partition coefficient (Wildman–Crippen LogP) is 4.13. The Kier molecular flexibility index (Phi) is 5.56. The molecule has 6 nitrogen and oxygen atoms in total. The fourth-order valence-electron chi connectivity index (χ4n) is 2.77. The zero-order chi connectivity index (χ0) is 18.7. The van der Waals surface area contributed by atoms with E-state index in [9.17, 15) is 9.59 Å². The van der Waals surface area contributed by atoms with Crippen LogP contribution in [0.2, 0.25) is 0 Å². The van der Waals surface area contributed by atoms with E-state index in [1.165, 1.54) is 11.3 Å². The van der Waals surface area contributed by atoms with Crippen molar-refractivity contribution in [2.75, 3.05) is 11.9 Å². The molecule has 1 aromatic heterocycles. The molecule has 1 N–H and O–H groups in total. The SMILES string of the molecule is CCOC(=O)c1csc(CN(C(=O)Nc2c(C)cccc2C)C2CC2)n1. The number of esters is 1. The minimum atomic E-state index is -0.423. The molecule has 0 spiro atoms. The molecule has 2 aromatic rings. The summed E-state index contributed by atoms with van der Waals surface area (Å²) in [5, 5.41) is 5.46. The van der Waals surface area contributed by atoms with Gasteiger partial charge in [0.1, 0.15) is 5.01 Å². The maximum Gasteiger partial charge on any atom is 0.357 e. The first-order valence-electron chi connectivity index (χ1n) is 8.75. The van der Waals surface area contributed by atoms with Crippen LogP contribution in [0.4, 0.5) is 10.5 Å². The summed E-state index contributed by atoms with van der Waals surface area (Å²) < 4.78 is 4.97. The van der Waals surface area contributed by atoms with E-state index in [0.717, 1.165) is 34.7 Å². The summed E-state index contributed by atoms with van der Waals surface area (Å²) in [6.45, 7) is 6.44. The van der Waals surface area contributed by atoms with Crippen molar-refractivity contribution in [1.82, 2.24) is 9.88 Å². The van der Waals surface area contributed by atoms with Gasteiger partial charge in [0.2, 0.25) is 0 Å². The van der Waals surface area contributed by atoms with E-state index in [1.54, 1.807) is 17.2 Å². The average Bonchev–Trinajstić information content (AvgIpc) is 3.34. The number of nitrogens with zero attached hydrogens (tertiary/aromatic N) is 2. The van der Waals surface area contributed by atoms with Crippen LogP contribution in [0.3, 0.4) is 0 Å². The van der Waals surface area contributed by atoms with Gasteiger partial charge >= 0.3 is 12.0 Å². The number of hydrogen-bond donors (Lipinski definition) is 1. The molecule has 26 heavy (non-hydrogen) atoms. The Labute approximate surface area is 157 Å². The van der Waals surface area contributed by atoms with Crippen LogP contribution >= 0.6 is 11.3 Å². The number of aromatic nitrogens is 1. The highest BCUT2D eigenvalue weighted by atomic mass is 32.1. The Morgan fingerprint density at radius 2 is 2.00 bits per heavy atom. The molecule has 1 aliphatic rings. The minimum Gasteiger partial charge on any atom is -0.461 e. The first kappa shape index (κ1) is 18.4. The van der Waals surface area contributed by atoms with Crippen LogP contribution in [-0.2, 0) is 11.3 Å². The van der Waals surface area contributed by atoms with Crippen molar-refractivity contribution in [2.24, 2.45) is 0 Å². The molecule has 0 unspecified atom stereocenters. The van der Waals surface area contributed by atoms with Crippen molar-refractivity contribution in [3.63, 3.8) is 0 Å². The van der Waals surface area contributed by atoms with Gasteiger partial charge in [-0.2, -0.15) is 0 Å². The molecule has 0 aliphatic heterocycles. The number of nitrogens with one attached hydrogen (secondary N) is 1. The molecule has 1 saturated carbocycles. The number of anilines is 1. The van der Waals surface area contributed by atoms with Gasteiger partial charge < -0.3 is 15.0 Å². The number of para-hydroxylation sites is 1. The molecule has 0 saturated heterocycles. The quantitative estimate of drug-likeness (QED) is 0.773. The lowest BCUT2D eigenvalue weighted by atomic mass is 10.1. The van der Waals surface area contributed by atoms with Crippen molar-refractivity contribution in [1.29, 1.82) is 0 Å². The van der Waals surface area contributed by atoms with Gasteiger partial charge in [-0.25, -0.2) is 14.6 Å². The fourth-order valence-corrected chi connectivity index (χ4v) is 3.53. The third-order valence-electron chi connectivity index (χ3n) is 4.30. The van der Waals surface area contributed by atoms with Gasteiger partial charge in [-0.1, -0.05) is 18.2 Å². The van der Waals surface area contributed by atoms with Gasteiger partial charge in [0.25, 0.3) is 0 Å². The van der Waals surface area contributed by atoms with Crippen molar-refractivity contribution >= 4 is 29.0 Å². The minimum absolute atomic E-state index is 0.127. The van der Waals surface area contributed by atoms with E-state index in [4.69, 9.17) is 4.74 Å². The van der Waals surface area contributed by atoms with E-state index in [-0.39, 0.29) is 12.1 Å². The van der Waals surface area contributed by atoms with Gasteiger partial charge in [-0.05, 0) is 44.7 Å². The third kappa shape index (κ3) is 4.22. The molecule has 0 bridgehead atoms. The molecular formula is C19H23N3O3S. The number of benzene rings is 1. The zero-order valence-corrected chi connectivity index (χ0v) is 16.1. The van der Waals surface area contributed by atoms with Gasteiger partial charge in [0.15, 0.2) is 5.69 Å². The molecule has 1 aliphatic carbocycles. The number of urea groups is 1. The summed E-state index contributed by atoms with van der Waals surface area (Å²) in [6, 6.07) is 6.05. The van der Waals surface area contributed by atoms with Crippen molar-refractivity contribution in [2.45, 2.75) is 46.2 Å². The molecule has 3 rings (SSSR count). The molecule has 1 heterocycles. The van der Waals surface area contributed by atoms with Gasteiger partial charge in [-0.15, -0.1) is 11.3 Å². The second-order valence-electron chi connectivity index (χ2n) is 6.40. The molecule has 0 atom stereocenters. The highest BCUT2D eigenvalue weighted by Gasteiger charge is 2.33.